The maximum Gasteiger partial charge on any atom is 0.316 e. The van der Waals surface area contributed by atoms with Gasteiger partial charge in [-0.05, 0) is 18.6 Å². The largest absolute Gasteiger partial charge is 0.480 e. The van der Waals surface area contributed by atoms with E-state index in [1.165, 1.54) is 6.07 Å². The van der Waals surface area contributed by atoms with Gasteiger partial charge in [-0.15, -0.1) is 11.8 Å². The number of carbonyl (C=O) groups is 3. The highest BCUT2D eigenvalue weighted by Gasteiger charge is 2.17. The van der Waals surface area contributed by atoms with Gasteiger partial charge in [-0.2, -0.15) is 0 Å². The van der Waals surface area contributed by atoms with Crippen LogP contribution in [0.3, 0.4) is 0 Å². The smallest absolute Gasteiger partial charge is 0.316 e. The van der Waals surface area contributed by atoms with Gasteiger partial charge in [-0.1, -0.05) is 19.1 Å². The van der Waals surface area contributed by atoms with Crippen molar-refractivity contribution in [3.63, 3.8) is 0 Å². The summed E-state index contributed by atoms with van der Waals surface area (Å²) in [4.78, 5) is 33.8. The van der Waals surface area contributed by atoms with E-state index in [-0.39, 0.29) is 17.2 Å². The fourth-order valence-corrected chi connectivity index (χ4v) is 2.34. The minimum absolute atomic E-state index is 0.00208. The second-order valence-corrected chi connectivity index (χ2v) is 5.20. The Hall–Kier alpha value is -2.02. The number of rotatable bonds is 7. The lowest BCUT2D eigenvalue weighted by Gasteiger charge is -2.11. The lowest BCUT2D eigenvalue weighted by Crippen LogP contribution is -2.22. The standard InChI is InChI=1S/C13H16N2O4S/c1-2-10(13(18)19)20-7-11(16)15-9-6-4-3-5-8(9)12(14)17/h3-6,10H,2,7H2,1H3,(H2,14,17)(H,15,16)(H,18,19). The Balaban J connectivity index is 2.63. The molecular weight excluding hydrogens is 280 g/mol. The summed E-state index contributed by atoms with van der Waals surface area (Å²) in [6.07, 6.45) is 0.436. The molecule has 0 heterocycles. The van der Waals surface area contributed by atoms with E-state index in [9.17, 15) is 14.4 Å². The predicted octanol–water partition coefficient (Wildman–Crippen LogP) is 1.32. The Morgan fingerprint density at radius 1 is 1.35 bits per heavy atom. The third kappa shape index (κ3) is 4.58. The molecular formula is C13H16N2O4S. The van der Waals surface area contributed by atoms with E-state index >= 15 is 0 Å². The first-order valence-electron chi connectivity index (χ1n) is 5.98. The highest BCUT2D eigenvalue weighted by molar-refractivity contribution is 8.01. The number of hydrogen-bond acceptors (Lipinski definition) is 4. The summed E-state index contributed by atoms with van der Waals surface area (Å²) < 4.78 is 0. The third-order valence-corrected chi connectivity index (χ3v) is 3.89. The summed E-state index contributed by atoms with van der Waals surface area (Å²) >= 11 is 1.04. The molecule has 2 amide bonds. The number of anilines is 1. The van der Waals surface area contributed by atoms with Crippen LogP contribution < -0.4 is 11.1 Å². The number of amides is 2. The Morgan fingerprint density at radius 3 is 2.55 bits per heavy atom. The monoisotopic (exact) mass is 296 g/mol. The van der Waals surface area contributed by atoms with E-state index in [0.717, 1.165) is 11.8 Å². The zero-order valence-electron chi connectivity index (χ0n) is 11.0. The van der Waals surface area contributed by atoms with Gasteiger partial charge in [-0.25, -0.2) is 0 Å². The summed E-state index contributed by atoms with van der Waals surface area (Å²) in [7, 11) is 0. The average Bonchev–Trinajstić information content (AvgIpc) is 2.39. The van der Waals surface area contributed by atoms with E-state index < -0.39 is 17.1 Å². The van der Waals surface area contributed by atoms with Crippen LogP contribution in [0, 0.1) is 0 Å². The van der Waals surface area contributed by atoms with Gasteiger partial charge in [0.2, 0.25) is 5.91 Å². The summed E-state index contributed by atoms with van der Waals surface area (Å²) in [6, 6.07) is 6.39. The first-order chi connectivity index (χ1) is 9.45. The second kappa shape index (κ2) is 7.54. The molecule has 0 radical (unpaired) electrons. The molecule has 20 heavy (non-hydrogen) atoms. The van der Waals surface area contributed by atoms with Crippen LogP contribution in [0.4, 0.5) is 5.69 Å². The van der Waals surface area contributed by atoms with Crippen LogP contribution in [0.2, 0.25) is 0 Å². The van der Waals surface area contributed by atoms with Crippen LogP contribution in [0.15, 0.2) is 24.3 Å². The molecule has 4 N–H and O–H groups in total. The van der Waals surface area contributed by atoms with Crippen molar-refractivity contribution >= 4 is 35.2 Å². The Labute approximate surface area is 120 Å². The van der Waals surface area contributed by atoms with Crippen molar-refractivity contribution in [2.24, 2.45) is 5.73 Å². The van der Waals surface area contributed by atoms with E-state index in [1.807, 2.05) is 0 Å². The van der Waals surface area contributed by atoms with Crippen molar-refractivity contribution in [1.82, 2.24) is 0 Å². The molecule has 1 rings (SSSR count). The van der Waals surface area contributed by atoms with Crippen molar-refractivity contribution in [2.75, 3.05) is 11.1 Å². The van der Waals surface area contributed by atoms with Crippen molar-refractivity contribution in [3.8, 4) is 0 Å². The molecule has 0 fully saturated rings. The molecule has 1 atom stereocenters. The third-order valence-electron chi connectivity index (χ3n) is 2.53. The van der Waals surface area contributed by atoms with E-state index in [2.05, 4.69) is 5.32 Å². The van der Waals surface area contributed by atoms with Crippen LogP contribution in [-0.4, -0.2) is 33.9 Å². The first kappa shape index (κ1) is 16.0. The van der Waals surface area contributed by atoms with Crippen LogP contribution >= 0.6 is 11.8 Å². The molecule has 0 saturated carbocycles. The molecule has 6 nitrogen and oxygen atoms in total. The van der Waals surface area contributed by atoms with Gasteiger partial charge in [0.15, 0.2) is 0 Å². The van der Waals surface area contributed by atoms with Crippen LogP contribution in [-0.2, 0) is 9.59 Å². The Kier molecular flexibility index (Phi) is 6.05. The fraction of sp³-hybridized carbons (Fsp3) is 0.308. The Bertz CT molecular complexity index is 519. The van der Waals surface area contributed by atoms with Gasteiger partial charge in [0.25, 0.3) is 5.91 Å². The van der Waals surface area contributed by atoms with Crippen LogP contribution in [0.5, 0.6) is 0 Å². The quantitative estimate of drug-likeness (QED) is 0.703. The molecule has 1 aromatic rings. The van der Waals surface area contributed by atoms with Gasteiger partial charge in [0, 0.05) is 0 Å². The minimum atomic E-state index is -0.942. The summed E-state index contributed by atoms with van der Waals surface area (Å²) in [5.74, 6) is -1.95. The summed E-state index contributed by atoms with van der Waals surface area (Å²) in [5, 5.41) is 10.8. The minimum Gasteiger partial charge on any atom is -0.480 e. The van der Waals surface area contributed by atoms with Gasteiger partial charge in [0.05, 0.1) is 17.0 Å². The van der Waals surface area contributed by atoms with Crippen molar-refractivity contribution in [1.29, 1.82) is 0 Å². The number of nitrogens with one attached hydrogen (secondary N) is 1. The van der Waals surface area contributed by atoms with Gasteiger partial charge in [-0.3, -0.25) is 14.4 Å². The number of carboxylic acids is 1. The molecule has 1 unspecified atom stereocenters. The van der Waals surface area contributed by atoms with Crippen LogP contribution in [0.25, 0.3) is 0 Å². The molecule has 1 aromatic carbocycles. The fourth-order valence-electron chi connectivity index (χ4n) is 1.53. The van der Waals surface area contributed by atoms with Crippen molar-refractivity contribution < 1.29 is 19.5 Å². The number of thioether (sulfide) groups is 1. The van der Waals surface area contributed by atoms with E-state index in [4.69, 9.17) is 10.8 Å². The van der Waals surface area contributed by atoms with Crippen LogP contribution in [0.1, 0.15) is 23.7 Å². The SMILES string of the molecule is CCC(SCC(=O)Nc1ccccc1C(N)=O)C(=O)O. The zero-order valence-corrected chi connectivity index (χ0v) is 11.8. The topological polar surface area (TPSA) is 109 Å². The molecule has 0 spiro atoms. The molecule has 7 heteroatoms. The van der Waals surface area contributed by atoms with E-state index in [0.29, 0.717) is 12.1 Å². The molecule has 0 bridgehead atoms. The molecule has 0 aliphatic carbocycles. The number of primary amides is 1. The number of nitrogens with two attached hydrogens (primary N) is 1. The predicted molar refractivity (Wildman–Crippen MR) is 77.8 cm³/mol. The molecule has 0 aliphatic rings. The molecule has 108 valence electrons. The summed E-state index contributed by atoms with van der Waals surface area (Å²) in [5.41, 5.74) is 5.75. The number of para-hydroxylation sites is 1. The average molecular weight is 296 g/mol. The molecule has 0 aromatic heterocycles. The lowest BCUT2D eigenvalue weighted by molar-refractivity contribution is -0.136. The van der Waals surface area contributed by atoms with E-state index in [1.54, 1.807) is 25.1 Å². The second-order valence-electron chi connectivity index (χ2n) is 4.00. The number of aliphatic carboxylic acids is 1. The number of hydrogen-bond donors (Lipinski definition) is 3. The van der Waals surface area contributed by atoms with Gasteiger partial charge in [0.1, 0.15) is 5.25 Å². The maximum atomic E-state index is 11.8. The molecule has 0 saturated heterocycles. The number of carbonyl (C=O) groups excluding carboxylic acids is 2. The summed E-state index contributed by atoms with van der Waals surface area (Å²) in [6.45, 7) is 1.74. The number of carboxylic acid groups (broad SMARTS) is 1. The zero-order chi connectivity index (χ0) is 15.1. The first-order valence-corrected chi connectivity index (χ1v) is 7.03. The highest BCUT2D eigenvalue weighted by Crippen LogP contribution is 2.17. The Morgan fingerprint density at radius 2 is 2.00 bits per heavy atom. The van der Waals surface area contributed by atoms with Gasteiger partial charge < -0.3 is 16.2 Å². The van der Waals surface area contributed by atoms with Crippen molar-refractivity contribution in [3.05, 3.63) is 29.8 Å². The molecule has 0 aliphatic heterocycles. The maximum absolute atomic E-state index is 11.8. The lowest BCUT2D eigenvalue weighted by atomic mass is 10.1. The number of benzene rings is 1. The highest BCUT2D eigenvalue weighted by atomic mass is 32.2. The normalized spacial score (nSPS) is 11.7. The van der Waals surface area contributed by atoms with Crippen molar-refractivity contribution in [2.45, 2.75) is 18.6 Å². The van der Waals surface area contributed by atoms with Gasteiger partial charge >= 0.3 is 5.97 Å².